The Kier molecular flexibility index (Phi) is 21.2. The van der Waals surface area contributed by atoms with Crippen LogP contribution in [0.2, 0.25) is 0 Å². The minimum atomic E-state index is -2.20. The van der Waals surface area contributed by atoms with Crippen LogP contribution in [0.3, 0.4) is 0 Å². The minimum absolute atomic E-state index is 0.970. The summed E-state index contributed by atoms with van der Waals surface area (Å²) in [5, 5.41) is 218. The van der Waals surface area contributed by atoms with Gasteiger partial charge in [-0.15, -0.1) is 0 Å². The Morgan fingerprint density at radius 1 is 0.195 bits per heavy atom. The maximum Gasteiger partial charge on any atom is 0.187 e. The van der Waals surface area contributed by atoms with E-state index in [9.17, 15) is 102 Å². The summed E-state index contributed by atoms with van der Waals surface area (Å²) in [6.07, 6.45) is -66.2. The van der Waals surface area contributed by atoms with E-state index in [1.807, 2.05) is 0 Å². The van der Waals surface area contributed by atoms with Crippen molar-refractivity contribution in [1.82, 2.24) is 0 Å². The fourth-order valence-electron chi connectivity index (χ4n) is 10.4. The second-order valence-electron chi connectivity index (χ2n) is 19.7. The highest BCUT2D eigenvalue weighted by Gasteiger charge is 2.59. The molecule has 0 spiro atoms. The Hall–Kier alpha value is -1.01. The predicted molar refractivity (Wildman–Crippen MR) is 235 cm³/mol. The lowest BCUT2D eigenvalue weighted by molar-refractivity contribution is -0.396. The quantitative estimate of drug-likeness (QED) is 0.105. The first-order chi connectivity index (χ1) is 36.7. The third-order valence-corrected chi connectivity index (χ3v) is 15.3. The Bertz CT molecular complexity index is 1470. The van der Waals surface area contributed by atoms with E-state index in [0.717, 1.165) is 0 Å². The van der Waals surface area contributed by atoms with Crippen LogP contribution < -0.4 is 0 Å². The molecule has 0 aliphatic carbocycles. The lowest BCUT2D eigenvalue weighted by atomic mass is 9.95. The highest BCUT2D eigenvalue weighted by molar-refractivity contribution is 7.81. The van der Waals surface area contributed by atoms with E-state index >= 15 is 0 Å². The monoisotopic (exact) mass is 1150 g/mol. The van der Waals surface area contributed by atoms with Gasteiger partial charge in [-0.05, 0) is 0 Å². The molecule has 0 aromatic heterocycles. The molecule has 35 atom stereocenters. The number of aliphatic hydroxyl groups is 20. The summed E-state index contributed by atoms with van der Waals surface area (Å²) in [5.74, 6) is 0. The first kappa shape index (κ1) is 62.0. The molecule has 0 saturated carbocycles. The zero-order chi connectivity index (χ0) is 56.1. The molecule has 14 bridgehead atoms. The molecule has 21 heterocycles. The van der Waals surface area contributed by atoms with E-state index in [2.05, 4.69) is 12.6 Å². The average Bonchev–Trinajstić information content (AvgIpc) is 3.45. The van der Waals surface area contributed by atoms with Gasteiger partial charge < -0.3 is 168 Å². The summed E-state index contributed by atoms with van der Waals surface area (Å²) in [5.41, 5.74) is 0. The molecule has 21 rings (SSSR count). The molecule has 34 nitrogen and oxygen atoms in total. The lowest BCUT2D eigenvalue weighted by Crippen LogP contribution is -2.68. The van der Waals surface area contributed by atoms with Gasteiger partial charge in [-0.2, -0.15) is 12.6 Å². The van der Waals surface area contributed by atoms with Crippen molar-refractivity contribution in [2.75, 3.05) is 46.2 Å². The van der Waals surface area contributed by atoms with Crippen LogP contribution in [0.4, 0.5) is 0 Å². The molecule has 0 aromatic rings. The van der Waals surface area contributed by atoms with E-state index in [1.54, 1.807) is 0 Å². The smallest absolute Gasteiger partial charge is 0.187 e. The van der Waals surface area contributed by atoms with Gasteiger partial charge in [-0.1, -0.05) is 0 Å². The van der Waals surface area contributed by atoms with Crippen LogP contribution in [0.5, 0.6) is 0 Å². The average molecular weight is 1150 g/mol. The first-order valence-electron chi connectivity index (χ1n) is 24.6. The summed E-state index contributed by atoms with van der Waals surface area (Å²) in [4.78, 5) is 0. The number of rotatable bonds is 7. The summed E-state index contributed by atoms with van der Waals surface area (Å²) in [6, 6.07) is 0. The van der Waals surface area contributed by atoms with Gasteiger partial charge >= 0.3 is 0 Å². The predicted octanol–water partition coefficient (Wildman–Crippen LogP) is -14.3. The van der Waals surface area contributed by atoms with Crippen molar-refractivity contribution in [2.24, 2.45) is 0 Å². The SMILES string of the molecule is OC[C@H]1O[C@@H]2O[C@H]3[C@H](O)[C@@H](O)[C@@H](O[C@H]4[C@H](O)[C@@H](O)[C@@H](O[C@H]5[C@@H](O)[C@H](O)[C@@H](O[C@H]6[C@H](O)[C@@H](S)[C@@H](O[C@H]7[C@H](O)[C@@H](O)[C@@H](O[C@H]8[C@H](O)[C@@H](O)[C@@H](O[C@H]1[C@H](O)[C@H]2O)O[C@@H]8CO)O[C@@H]7CO)O[C@@H]6CO)O[C@@H]5CO)O[C@@H]4CO)O[C@@H]3CO. The molecular weight excluding hydrogens is 1080 g/mol. The Morgan fingerprint density at radius 2 is 0.338 bits per heavy atom. The third-order valence-electron chi connectivity index (χ3n) is 14.8. The van der Waals surface area contributed by atoms with Crippen molar-refractivity contribution in [3.05, 3.63) is 0 Å². The highest BCUT2D eigenvalue weighted by Crippen LogP contribution is 2.39. The molecule has 21 aliphatic heterocycles. The molecule has 35 heteroatoms. The maximum absolute atomic E-state index is 11.5. The number of ether oxygens (including phenoxy) is 14. The fourth-order valence-corrected chi connectivity index (χ4v) is 10.7. The van der Waals surface area contributed by atoms with E-state index in [1.165, 1.54) is 0 Å². The van der Waals surface area contributed by atoms with Gasteiger partial charge in [-0.25, -0.2) is 0 Å². The van der Waals surface area contributed by atoms with Crippen LogP contribution in [0.15, 0.2) is 0 Å². The molecule has 0 radical (unpaired) electrons. The van der Waals surface area contributed by atoms with Crippen molar-refractivity contribution in [2.45, 2.75) is 214 Å². The van der Waals surface area contributed by atoms with Crippen LogP contribution in [0.25, 0.3) is 0 Å². The molecule has 77 heavy (non-hydrogen) atoms. The molecule has 448 valence electrons. The second kappa shape index (κ2) is 26.3. The van der Waals surface area contributed by atoms with Gasteiger partial charge in [0, 0.05) is 0 Å². The normalized spacial score (nSPS) is 55.4. The van der Waals surface area contributed by atoms with Crippen LogP contribution in [-0.2, 0) is 66.3 Å². The van der Waals surface area contributed by atoms with E-state index in [-0.39, 0.29) is 0 Å². The fraction of sp³-hybridized carbons (Fsp3) is 1.00. The zero-order valence-electron chi connectivity index (χ0n) is 40.3. The topological polar surface area (TPSA) is 534 Å². The number of aliphatic hydroxyl groups excluding tert-OH is 20. The highest BCUT2D eigenvalue weighted by atomic mass is 32.1. The van der Waals surface area contributed by atoms with Crippen molar-refractivity contribution >= 4 is 12.6 Å². The number of thiol groups is 1. The molecular formula is C42H70O34S. The van der Waals surface area contributed by atoms with Crippen LogP contribution in [-0.4, -0.2) is 362 Å². The summed E-state index contributed by atoms with van der Waals surface area (Å²) >= 11 is 4.37. The summed E-state index contributed by atoms with van der Waals surface area (Å²) in [6.45, 7) is -7.11. The van der Waals surface area contributed by atoms with Gasteiger partial charge in [-0.3, -0.25) is 0 Å². The Balaban J connectivity index is 1.08. The summed E-state index contributed by atoms with van der Waals surface area (Å²) < 4.78 is 80.2. The molecule has 21 fully saturated rings. The van der Waals surface area contributed by atoms with Gasteiger partial charge in [0.1, 0.15) is 159 Å². The van der Waals surface area contributed by atoms with Gasteiger partial charge in [0.15, 0.2) is 44.0 Å². The van der Waals surface area contributed by atoms with Crippen molar-refractivity contribution in [3.63, 3.8) is 0 Å². The zero-order valence-corrected chi connectivity index (χ0v) is 41.2. The Labute approximate surface area is 440 Å². The number of hydrogen-bond donors (Lipinski definition) is 21. The van der Waals surface area contributed by atoms with Gasteiger partial charge in [0.25, 0.3) is 0 Å². The van der Waals surface area contributed by atoms with Crippen molar-refractivity contribution in [3.8, 4) is 0 Å². The minimum Gasteiger partial charge on any atom is -0.394 e. The maximum atomic E-state index is 11.5. The van der Waals surface area contributed by atoms with E-state index in [4.69, 9.17) is 66.3 Å². The van der Waals surface area contributed by atoms with Crippen molar-refractivity contribution in [1.29, 1.82) is 0 Å². The Morgan fingerprint density at radius 3 is 0.506 bits per heavy atom. The standard InChI is InChI=1S/C42H70O34S/c43-1-8-28-15(50)21(56)37(63-8)71-30-10(3-45)65-39(23(58)17(30)52)73-32-12(5-47)67-41(25(60)19(32)54)75-34-14(7-49)69-42(35(77)27(34)62)76-33-13(6-48)68-40(26(61)20(33)55)74-31-11(4-46)66-38(24(59)18(31)53)72-29-9(2-44)64-36(70-28)22(57)16(29)51/h8-62,77H,1-7H2/t8-,9-,10-,11-,12-,13-,14-,15-,16-,17-,18-,19+,20-,21-,22-,23-,24-,25+,26-,27+,28-,29-,30-,31-,32-,33-,34-,35-,36-,37-,38-,39-,40-,41-,42-/m1/s1. The van der Waals surface area contributed by atoms with Crippen LogP contribution in [0.1, 0.15) is 0 Å². The molecule has 21 saturated heterocycles. The van der Waals surface area contributed by atoms with Crippen LogP contribution in [0, 0.1) is 0 Å². The lowest BCUT2D eigenvalue weighted by Gasteiger charge is -2.50. The first-order valence-corrected chi connectivity index (χ1v) is 25.1. The molecule has 21 aliphatic rings. The van der Waals surface area contributed by atoms with Crippen LogP contribution >= 0.6 is 12.6 Å². The molecule has 20 N–H and O–H groups in total. The second-order valence-corrected chi connectivity index (χ2v) is 20.2. The van der Waals surface area contributed by atoms with E-state index < -0.39 is 260 Å². The van der Waals surface area contributed by atoms with E-state index in [0.29, 0.717) is 0 Å². The van der Waals surface area contributed by atoms with Gasteiger partial charge in [0.2, 0.25) is 0 Å². The van der Waals surface area contributed by atoms with Crippen molar-refractivity contribution < 1.29 is 168 Å². The van der Waals surface area contributed by atoms with Gasteiger partial charge in [0.05, 0.1) is 57.6 Å². The molecule has 0 amide bonds. The third kappa shape index (κ3) is 12.2. The largest absolute Gasteiger partial charge is 0.394 e. The number of hydrogen-bond acceptors (Lipinski definition) is 35. The summed E-state index contributed by atoms with van der Waals surface area (Å²) in [7, 11) is 0. The molecule has 0 unspecified atom stereocenters. The molecule has 0 aromatic carbocycles.